The molecule has 1 unspecified atom stereocenters. The smallest absolute Gasteiger partial charge is 0.0683 e. The van der Waals surface area contributed by atoms with Crippen LogP contribution < -0.4 is 0 Å². The molecule has 0 bridgehead atoms. The standard InChI is InChI=1S/C11H21NOS/c1-10(2)14(13)8-6-5-7-11(3,4)9-12/h10H,5-8H2,1-4H3. The van der Waals surface area contributed by atoms with E-state index in [-0.39, 0.29) is 10.7 Å². The first-order valence-electron chi connectivity index (χ1n) is 5.17. The van der Waals surface area contributed by atoms with Crippen molar-refractivity contribution < 1.29 is 4.21 Å². The molecule has 14 heavy (non-hydrogen) atoms. The second-order valence-corrected chi connectivity index (χ2v) is 6.70. The molecule has 2 nitrogen and oxygen atoms in total. The molecule has 0 fully saturated rings. The molecule has 0 N–H and O–H groups in total. The van der Waals surface area contributed by atoms with Crippen molar-refractivity contribution in [3.05, 3.63) is 0 Å². The van der Waals surface area contributed by atoms with E-state index in [1.165, 1.54) is 0 Å². The fraction of sp³-hybridized carbons (Fsp3) is 0.909. The predicted molar refractivity (Wildman–Crippen MR) is 61.4 cm³/mol. The first kappa shape index (κ1) is 13.6. The van der Waals surface area contributed by atoms with Gasteiger partial charge >= 0.3 is 0 Å². The Kier molecular flexibility index (Phi) is 6.03. The Labute approximate surface area is 90.2 Å². The fourth-order valence-corrected chi connectivity index (χ4v) is 2.06. The van der Waals surface area contributed by atoms with E-state index in [9.17, 15) is 4.21 Å². The summed E-state index contributed by atoms with van der Waals surface area (Å²) in [4.78, 5) is 0. The molecule has 0 saturated heterocycles. The zero-order chi connectivity index (χ0) is 11.2. The van der Waals surface area contributed by atoms with Crippen molar-refractivity contribution in [1.29, 1.82) is 5.26 Å². The second-order valence-electron chi connectivity index (χ2n) is 4.59. The van der Waals surface area contributed by atoms with E-state index in [0.29, 0.717) is 0 Å². The molecule has 1 atom stereocenters. The third kappa shape index (κ3) is 6.15. The lowest BCUT2D eigenvalue weighted by molar-refractivity contribution is 0.432. The van der Waals surface area contributed by atoms with Gasteiger partial charge in [-0.2, -0.15) is 5.26 Å². The van der Waals surface area contributed by atoms with Gasteiger partial charge in [0.1, 0.15) is 0 Å². The predicted octanol–water partition coefficient (Wildman–Crippen LogP) is 2.86. The highest BCUT2D eigenvalue weighted by atomic mass is 32.2. The third-order valence-corrected chi connectivity index (χ3v) is 3.97. The van der Waals surface area contributed by atoms with Crippen LogP contribution in [0.4, 0.5) is 0 Å². The van der Waals surface area contributed by atoms with Crippen LogP contribution in [0.1, 0.15) is 47.0 Å². The lowest BCUT2D eigenvalue weighted by Crippen LogP contribution is -2.11. The molecule has 0 amide bonds. The van der Waals surface area contributed by atoms with Crippen LogP contribution in [0.3, 0.4) is 0 Å². The molecule has 0 aromatic rings. The van der Waals surface area contributed by atoms with Crippen LogP contribution >= 0.6 is 0 Å². The number of hydrogen-bond acceptors (Lipinski definition) is 2. The maximum atomic E-state index is 11.4. The second kappa shape index (κ2) is 6.19. The van der Waals surface area contributed by atoms with Gasteiger partial charge in [0.2, 0.25) is 0 Å². The van der Waals surface area contributed by atoms with Crippen molar-refractivity contribution in [2.45, 2.75) is 52.2 Å². The number of unbranched alkanes of at least 4 members (excludes halogenated alkanes) is 1. The van der Waals surface area contributed by atoms with Crippen LogP contribution in [-0.2, 0) is 10.8 Å². The lowest BCUT2D eigenvalue weighted by atomic mass is 9.89. The van der Waals surface area contributed by atoms with Crippen LogP contribution in [0.15, 0.2) is 0 Å². The van der Waals surface area contributed by atoms with Crippen molar-refractivity contribution in [3.8, 4) is 6.07 Å². The molecule has 0 aromatic heterocycles. The maximum Gasteiger partial charge on any atom is 0.0683 e. The zero-order valence-corrected chi connectivity index (χ0v) is 10.5. The van der Waals surface area contributed by atoms with Gasteiger partial charge in [-0.05, 0) is 26.7 Å². The molecular formula is C11H21NOS. The summed E-state index contributed by atoms with van der Waals surface area (Å²) < 4.78 is 11.4. The van der Waals surface area contributed by atoms with Crippen molar-refractivity contribution in [1.82, 2.24) is 0 Å². The average molecular weight is 215 g/mol. The lowest BCUT2D eigenvalue weighted by Gasteiger charge is -2.14. The van der Waals surface area contributed by atoms with Crippen LogP contribution in [0.5, 0.6) is 0 Å². The molecular weight excluding hydrogens is 194 g/mol. The zero-order valence-electron chi connectivity index (χ0n) is 9.67. The van der Waals surface area contributed by atoms with E-state index >= 15 is 0 Å². The van der Waals surface area contributed by atoms with Gasteiger partial charge in [0.25, 0.3) is 0 Å². The Morgan fingerprint density at radius 2 is 1.93 bits per heavy atom. The van der Waals surface area contributed by atoms with Gasteiger partial charge < -0.3 is 0 Å². The van der Waals surface area contributed by atoms with Crippen LogP contribution in [0, 0.1) is 16.7 Å². The Hall–Kier alpha value is -0.360. The number of nitriles is 1. The van der Waals surface area contributed by atoms with Gasteiger partial charge in [0.15, 0.2) is 0 Å². The van der Waals surface area contributed by atoms with Gasteiger partial charge in [-0.1, -0.05) is 20.3 Å². The SMILES string of the molecule is CC(C)S(=O)CCCCC(C)(C)C#N. The molecule has 0 aliphatic heterocycles. The third-order valence-electron chi connectivity index (χ3n) is 2.23. The molecule has 0 aromatic carbocycles. The molecule has 3 heteroatoms. The normalized spacial score (nSPS) is 14.0. The van der Waals surface area contributed by atoms with Crippen LogP contribution in [-0.4, -0.2) is 15.2 Å². The Balaban J connectivity index is 3.59. The van der Waals surface area contributed by atoms with E-state index in [1.54, 1.807) is 0 Å². The average Bonchev–Trinajstić information content (AvgIpc) is 2.12. The molecule has 0 aliphatic rings. The Morgan fingerprint density at radius 1 is 1.36 bits per heavy atom. The van der Waals surface area contributed by atoms with Gasteiger partial charge in [-0.15, -0.1) is 0 Å². The largest absolute Gasteiger partial charge is 0.259 e. The van der Waals surface area contributed by atoms with Gasteiger partial charge in [0.05, 0.1) is 11.5 Å². The number of rotatable bonds is 6. The number of hydrogen-bond donors (Lipinski definition) is 0. The fourth-order valence-electron chi connectivity index (χ4n) is 1.10. The summed E-state index contributed by atoms with van der Waals surface area (Å²) in [7, 11) is -0.685. The van der Waals surface area contributed by atoms with E-state index in [1.807, 2.05) is 27.7 Å². The van der Waals surface area contributed by atoms with Crippen molar-refractivity contribution in [2.24, 2.45) is 5.41 Å². The van der Waals surface area contributed by atoms with Crippen LogP contribution in [0.25, 0.3) is 0 Å². The Bertz CT molecular complexity index is 228. The minimum Gasteiger partial charge on any atom is -0.259 e. The van der Waals surface area contributed by atoms with E-state index in [0.717, 1.165) is 25.0 Å². The van der Waals surface area contributed by atoms with E-state index in [4.69, 9.17) is 5.26 Å². The van der Waals surface area contributed by atoms with Crippen LogP contribution in [0.2, 0.25) is 0 Å². The van der Waals surface area contributed by atoms with E-state index in [2.05, 4.69) is 6.07 Å². The van der Waals surface area contributed by atoms with Crippen molar-refractivity contribution in [2.75, 3.05) is 5.75 Å². The van der Waals surface area contributed by atoms with Gasteiger partial charge in [-0.3, -0.25) is 4.21 Å². The summed E-state index contributed by atoms with van der Waals surface area (Å²) in [5.41, 5.74) is -0.223. The summed E-state index contributed by atoms with van der Waals surface area (Å²) in [6.45, 7) is 7.86. The minimum absolute atomic E-state index is 0.223. The summed E-state index contributed by atoms with van der Waals surface area (Å²) in [5, 5.41) is 9.04. The summed E-state index contributed by atoms with van der Waals surface area (Å²) in [6.07, 6.45) is 2.87. The minimum atomic E-state index is -0.685. The molecule has 0 radical (unpaired) electrons. The molecule has 0 heterocycles. The van der Waals surface area contributed by atoms with Gasteiger partial charge in [-0.25, -0.2) is 0 Å². The van der Waals surface area contributed by atoms with Crippen molar-refractivity contribution >= 4 is 10.8 Å². The number of nitrogens with zero attached hydrogens (tertiary/aromatic N) is 1. The van der Waals surface area contributed by atoms with Crippen molar-refractivity contribution in [3.63, 3.8) is 0 Å². The first-order chi connectivity index (χ1) is 6.39. The van der Waals surface area contributed by atoms with E-state index < -0.39 is 10.8 Å². The molecule has 82 valence electrons. The maximum absolute atomic E-state index is 11.4. The topological polar surface area (TPSA) is 40.9 Å². The molecule has 0 rings (SSSR count). The Morgan fingerprint density at radius 3 is 2.36 bits per heavy atom. The molecule has 0 spiro atoms. The monoisotopic (exact) mass is 215 g/mol. The highest BCUT2D eigenvalue weighted by molar-refractivity contribution is 7.85. The highest BCUT2D eigenvalue weighted by Crippen LogP contribution is 2.21. The first-order valence-corrected chi connectivity index (χ1v) is 6.55. The molecule has 0 aliphatic carbocycles. The summed E-state index contributed by atoms with van der Waals surface area (Å²) >= 11 is 0. The summed E-state index contributed by atoms with van der Waals surface area (Å²) in [6, 6.07) is 2.28. The highest BCUT2D eigenvalue weighted by Gasteiger charge is 2.15. The quantitative estimate of drug-likeness (QED) is 0.639. The molecule has 0 saturated carbocycles. The van der Waals surface area contributed by atoms with Gasteiger partial charge in [0, 0.05) is 21.8 Å². The summed E-state index contributed by atoms with van der Waals surface area (Å²) in [5.74, 6) is 0.777.